The van der Waals surface area contributed by atoms with Crippen LogP contribution in [0.15, 0.2) is 155 Å². The molecule has 0 aliphatic heterocycles. The monoisotopic (exact) mass is 822 g/mol. The normalized spacial score (nSPS) is 9.98. The summed E-state index contributed by atoms with van der Waals surface area (Å²) in [6, 6.07) is 47.2. The Kier molecular flexibility index (Phi) is 21.5. The third-order valence-electron chi connectivity index (χ3n) is 8.24. The van der Waals surface area contributed by atoms with E-state index in [0.29, 0.717) is 28.6 Å². The van der Waals surface area contributed by atoms with Gasteiger partial charge in [-0.15, -0.1) is 23.5 Å². The average Bonchev–Trinajstić information content (AvgIpc) is 3.24. The van der Waals surface area contributed by atoms with Gasteiger partial charge < -0.3 is 28.8 Å². The molecule has 0 saturated heterocycles. The van der Waals surface area contributed by atoms with Crippen LogP contribution in [0.3, 0.4) is 0 Å². The number of methoxy groups -OCH3 is 3. The Bertz CT molecular complexity index is 2110. The van der Waals surface area contributed by atoms with Gasteiger partial charge in [0.15, 0.2) is 13.6 Å². The Hall–Kier alpha value is -5.52. The molecule has 0 bridgehead atoms. The quantitative estimate of drug-likeness (QED) is 0.0577. The fourth-order valence-corrected chi connectivity index (χ4v) is 7.64. The van der Waals surface area contributed by atoms with Crippen LogP contribution in [0.5, 0.6) is 11.5 Å². The molecule has 0 aromatic heterocycles. The maximum Gasteiger partial charge on any atom is 0.341 e. The zero-order chi connectivity index (χ0) is 38.8. The molecule has 0 saturated carbocycles. The minimum Gasteiger partial charge on any atom is -0.478 e. The molecule has 306 valence electrons. The van der Waals surface area contributed by atoms with Crippen LogP contribution in [-0.4, -0.2) is 52.0 Å². The minimum atomic E-state index is -1.01. The summed E-state index contributed by atoms with van der Waals surface area (Å²) in [5.41, 5.74) is 6.10. The fraction of sp³-hybridized carbons (Fsp3) is 0.208. The molecule has 0 unspecified atom stereocenters. The van der Waals surface area contributed by atoms with E-state index in [4.69, 9.17) is 23.7 Å². The number of carbonyl (C=O) groups is 2. The van der Waals surface area contributed by atoms with E-state index in [1.807, 2.05) is 121 Å². The van der Waals surface area contributed by atoms with E-state index in [-0.39, 0.29) is 41.4 Å². The summed E-state index contributed by atoms with van der Waals surface area (Å²) < 4.78 is 26.2. The third-order valence-corrected chi connectivity index (χ3v) is 10.3. The third kappa shape index (κ3) is 13.3. The van der Waals surface area contributed by atoms with E-state index in [0.717, 1.165) is 43.2 Å². The van der Waals surface area contributed by atoms with Crippen molar-refractivity contribution in [3.05, 3.63) is 168 Å². The molecule has 10 heteroatoms. The van der Waals surface area contributed by atoms with Crippen molar-refractivity contribution in [3.63, 3.8) is 0 Å². The molecule has 0 amide bonds. The van der Waals surface area contributed by atoms with Crippen LogP contribution in [0.1, 0.15) is 54.1 Å². The minimum absolute atomic E-state index is 0. The molecular weight excluding hydrogens is 769 g/mol. The molecule has 6 aromatic carbocycles. The molecule has 0 aliphatic carbocycles. The molecule has 0 aliphatic rings. The predicted octanol–water partition coefficient (Wildman–Crippen LogP) is 12.7. The lowest BCUT2D eigenvalue weighted by Crippen LogP contribution is -2.11. The Balaban J connectivity index is 0.000000381. The number of rotatable bonds is 16. The highest BCUT2D eigenvalue weighted by Crippen LogP contribution is 2.38. The lowest BCUT2D eigenvalue weighted by molar-refractivity contribution is 0.0462. The highest BCUT2D eigenvalue weighted by molar-refractivity contribution is 7.98. The summed E-state index contributed by atoms with van der Waals surface area (Å²) >= 11 is 3.26. The van der Waals surface area contributed by atoms with Crippen LogP contribution in [-0.2, 0) is 25.7 Å². The van der Waals surface area contributed by atoms with E-state index >= 15 is 0 Å². The van der Waals surface area contributed by atoms with E-state index in [1.165, 1.54) is 14.2 Å². The number of thioether (sulfide) groups is 2. The van der Waals surface area contributed by atoms with Crippen LogP contribution in [0, 0.1) is 0 Å². The number of carboxylic acid groups (broad SMARTS) is 1. The molecular formula is C48H54O8S2. The number of hydrogen-bond donors (Lipinski definition) is 1. The first kappa shape index (κ1) is 48.6. The number of carbonyl (C=O) groups excluding carboxylic acids is 1. The fourth-order valence-electron chi connectivity index (χ4n) is 5.72. The van der Waals surface area contributed by atoms with Gasteiger partial charge in [0.1, 0.15) is 22.6 Å². The van der Waals surface area contributed by atoms with Gasteiger partial charge in [-0.1, -0.05) is 131 Å². The summed E-state index contributed by atoms with van der Waals surface area (Å²) in [6.45, 7) is 0.0518. The molecule has 0 heterocycles. The van der Waals surface area contributed by atoms with Gasteiger partial charge >= 0.3 is 11.9 Å². The van der Waals surface area contributed by atoms with Gasteiger partial charge in [0.2, 0.25) is 0 Å². The Morgan fingerprint density at radius 1 is 0.500 bits per heavy atom. The number of ether oxygens (including phenoxy) is 5. The van der Waals surface area contributed by atoms with Crippen LogP contribution in [0.25, 0.3) is 22.3 Å². The number of esters is 1. The average molecular weight is 823 g/mol. The largest absolute Gasteiger partial charge is 0.478 e. The van der Waals surface area contributed by atoms with Crippen molar-refractivity contribution in [2.45, 2.75) is 43.6 Å². The Morgan fingerprint density at radius 2 is 0.862 bits per heavy atom. The first-order chi connectivity index (χ1) is 26.9. The van der Waals surface area contributed by atoms with Crippen LogP contribution in [0.2, 0.25) is 0 Å². The van der Waals surface area contributed by atoms with E-state index < -0.39 is 11.9 Å². The summed E-state index contributed by atoms with van der Waals surface area (Å²) in [4.78, 5) is 26.9. The SMILES string of the molecule is C.C.C.COCOc1ccc(-c2ccccc2)c(CSc2ccccc2)c1C(=O)O.COCOc1ccc(-c2ccccc2)c(CSc2ccccc2)c1C(=O)OC. The molecule has 0 fully saturated rings. The first-order valence-electron chi connectivity index (χ1n) is 17.3. The first-order valence-corrected chi connectivity index (χ1v) is 19.3. The van der Waals surface area contributed by atoms with Gasteiger partial charge in [0.05, 0.1) is 7.11 Å². The van der Waals surface area contributed by atoms with E-state index in [9.17, 15) is 14.7 Å². The molecule has 0 radical (unpaired) electrons. The van der Waals surface area contributed by atoms with Crippen LogP contribution in [0.4, 0.5) is 0 Å². The maximum atomic E-state index is 12.7. The standard InChI is InChI=1S/C23H22O4S.C22H20O4S.3CH4/c1-25-16-27-21-14-13-19(17-9-5-3-6-10-17)20(22(21)23(24)26-2)15-28-18-11-7-4-8-12-18;1-25-15-26-20-13-12-18(16-8-4-2-5-9-16)19(21(20)22(23)24)14-27-17-10-6-3-7-11-17;;;/h3-14H,15-16H2,1-2H3;2-13H,14-15H2,1H3,(H,23,24);3*1H4. The number of carboxylic acids is 1. The van der Waals surface area contributed by atoms with Gasteiger partial charge in [-0.2, -0.15) is 0 Å². The van der Waals surface area contributed by atoms with Gasteiger partial charge in [-0.3, -0.25) is 0 Å². The predicted molar refractivity (Wildman–Crippen MR) is 239 cm³/mol. The van der Waals surface area contributed by atoms with Crippen molar-refractivity contribution >= 4 is 35.5 Å². The van der Waals surface area contributed by atoms with E-state index in [1.54, 1.807) is 42.8 Å². The van der Waals surface area contributed by atoms with Gasteiger partial charge in [0, 0.05) is 35.5 Å². The summed E-state index contributed by atoms with van der Waals surface area (Å²) in [5.74, 6) is 0.447. The van der Waals surface area contributed by atoms with Crippen molar-refractivity contribution in [3.8, 4) is 33.8 Å². The molecule has 6 aromatic rings. The van der Waals surface area contributed by atoms with Gasteiger partial charge in [-0.25, -0.2) is 9.59 Å². The second-order valence-corrected chi connectivity index (χ2v) is 13.9. The smallest absolute Gasteiger partial charge is 0.341 e. The molecule has 1 N–H and O–H groups in total. The maximum absolute atomic E-state index is 12.7. The van der Waals surface area contributed by atoms with Crippen LogP contribution < -0.4 is 9.47 Å². The van der Waals surface area contributed by atoms with Crippen molar-refractivity contribution in [1.29, 1.82) is 0 Å². The summed E-state index contributed by atoms with van der Waals surface area (Å²) in [5, 5.41) is 9.88. The molecule has 58 heavy (non-hydrogen) atoms. The Labute approximate surface area is 352 Å². The molecule has 0 atom stereocenters. The van der Waals surface area contributed by atoms with Crippen molar-refractivity contribution < 1.29 is 38.4 Å². The summed E-state index contributed by atoms with van der Waals surface area (Å²) in [6.07, 6.45) is 0. The van der Waals surface area contributed by atoms with Crippen molar-refractivity contribution in [2.24, 2.45) is 0 Å². The van der Waals surface area contributed by atoms with Gasteiger partial charge in [0.25, 0.3) is 0 Å². The zero-order valence-corrected chi connectivity index (χ0v) is 32.4. The highest BCUT2D eigenvalue weighted by atomic mass is 32.2. The van der Waals surface area contributed by atoms with E-state index in [2.05, 4.69) is 12.1 Å². The van der Waals surface area contributed by atoms with Crippen molar-refractivity contribution in [1.82, 2.24) is 0 Å². The number of aromatic carboxylic acids is 1. The lowest BCUT2D eigenvalue weighted by Gasteiger charge is -2.18. The van der Waals surface area contributed by atoms with Gasteiger partial charge in [-0.05, 0) is 69.8 Å². The lowest BCUT2D eigenvalue weighted by atomic mass is 9.95. The summed E-state index contributed by atoms with van der Waals surface area (Å²) in [7, 11) is 4.43. The molecule has 8 nitrogen and oxygen atoms in total. The van der Waals surface area contributed by atoms with Crippen LogP contribution >= 0.6 is 23.5 Å². The molecule has 6 rings (SSSR count). The number of benzene rings is 6. The number of hydrogen-bond acceptors (Lipinski definition) is 9. The van der Waals surface area contributed by atoms with Crippen molar-refractivity contribution in [2.75, 3.05) is 34.9 Å². The molecule has 0 spiro atoms. The second-order valence-electron chi connectivity index (χ2n) is 11.8. The zero-order valence-electron chi connectivity index (χ0n) is 30.8. The highest BCUT2D eigenvalue weighted by Gasteiger charge is 2.23. The Morgan fingerprint density at radius 3 is 1.22 bits per heavy atom. The topological polar surface area (TPSA) is 101 Å². The second kappa shape index (κ2) is 25.7.